The van der Waals surface area contributed by atoms with Crippen LogP contribution < -0.4 is 20.1 Å². The number of carbonyl (C=O) groups excluding carboxylic acids is 1. The first kappa shape index (κ1) is 23.1. The number of aromatic nitrogens is 2. The Balaban J connectivity index is 1.63. The van der Waals surface area contributed by atoms with Gasteiger partial charge in [-0.2, -0.15) is 0 Å². The summed E-state index contributed by atoms with van der Waals surface area (Å²) in [4.78, 5) is 20.7. The van der Waals surface area contributed by atoms with Gasteiger partial charge in [0, 0.05) is 50.1 Å². The number of nitrogens with zero attached hydrogens (tertiary/aromatic N) is 1. The molecule has 3 aromatic rings. The molecule has 35 heavy (non-hydrogen) atoms. The number of ether oxygens (including phenoxy) is 4. The summed E-state index contributed by atoms with van der Waals surface area (Å²) in [6, 6.07) is 6.39. The number of methoxy groups -OCH3 is 2. The van der Waals surface area contributed by atoms with Crippen molar-refractivity contribution < 1.29 is 28.1 Å². The summed E-state index contributed by atoms with van der Waals surface area (Å²) in [6.45, 7) is 1.97. The van der Waals surface area contributed by atoms with Gasteiger partial charge < -0.3 is 34.6 Å². The smallest absolute Gasteiger partial charge is 0.255 e. The molecule has 0 radical (unpaired) electrons. The Bertz CT molecular complexity index is 1230. The van der Waals surface area contributed by atoms with Gasteiger partial charge in [-0.1, -0.05) is 6.07 Å². The third-order valence-electron chi connectivity index (χ3n) is 6.24. The Hall–Kier alpha value is -3.63. The summed E-state index contributed by atoms with van der Waals surface area (Å²) < 4.78 is 36.7. The molecular weight excluding hydrogens is 455 g/mol. The van der Waals surface area contributed by atoms with Gasteiger partial charge in [0.05, 0.1) is 48.6 Å². The van der Waals surface area contributed by atoms with E-state index in [1.807, 2.05) is 6.07 Å². The number of amides is 1. The van der Waals surface area contributed by atoms with Gasteiger partial charge in [-0.25, -0.2) is 4.39 Å². The van der Waals surface area contributed by atoms with Crippen molar-refractivity contribution in [1.82, 2.24) is 15.3 Å². The quantitative estimate of drug-likeness (QED) is 0.428. The topological polar surface area (TPSA) is 107 Å². The van der Waals surface area contributed by atoms with Crippen LogP contribution in [0.25, 0.3) is 11.3 Å². The minimum absolute atomic E-state index is 0.0471. The lowest BCUT2D eigenvalue weighted by Crippen LogP contribution is -2.36. The number of fused-ring (bicyclic) bond motifs is 1. The summed E-state index contributed by atoms with van der Waals surface area (Å²) in [6.07, 6.45) is 4.27. The van der Waals surface area contributed by atoms with Gasteiger partial charge in [0.1, 0.15) is 12.4 Å². The molecule has 1 amide bonds. The largest absolute Gasteiger partial charge is 0.492 e. The minimum atomic E-state index is -0.515. The van der Waals surface area contributed by atoms with Crippen LogP contribution in [0, 0.1) is 5.82 Å². The number of halogens is 1. The Labute approximate surface area is 201 Å². The van der Waals surface area contributed by atoms with Crippen LogP contribution in [0.3, 0.4) is 0 Å². The molecule has 2 aromatic heterocycles. The van der Waals surface area contributed by atoms with E-state index in [4.69, 9.17) is 18.9 Å². The van der Waals surface area contributed by atoms with E-state index < -0.39 is 5.82 Å². The van der Waals surface area contributed by atoms with Gasteiger partial charge in [-0.3, -0.25) is 9.78 Å². The van der Waals surface area contributed by atoms with Gasteiger partial charge in [-0.15, -0.1) is 0 Å². The predicted octanol–water partition coefficient (Wildman–Crippen LogP) is 3.61. The molecule has 5 rings (SSSR count). The number of anilines is 2. The fourth-order valence-corrected chi connectivity index (χ4v) is 4.39. The third kappa shape index (κ3) is 4.42. The number of aromatic amines is 1. The van der Waals surface area contributed by atoms with Crippen LogP contribution in [0.2, 0.25) is 0 Å². The number of rotatable bonds is 9. The fourth-order valence-electron chi connectivity index (χ4n) is 4.39. The molecule has 1 saturated heterocycles. The lowest BCUT2D eigenvalue weighted by molar-refractivity contribution is -0.0720. The van der Waals surface area contributed by atoms with Gasteiger partial charge in [0.2, 0.25) is 0 Å². The summed E-state index contributed by atoms with van der Waals surface area (Å²) in [5.41, 5.74) is 3.36. The van der Waals surface area contributed by atoms with E-state index in [2.05, 4.69) is 20.6 Å². The van der Waals surface area contributed by atoms with Gasteiger partial charge in [0.25, 0.3) is 5.91 Å². The van der Waals surface area contributed by atoms with Crippen molar-refractivity contribution in [2.45, 2.75) is 18.4 Å². The van der Waals surface area contributed by atoms with Crippen molar-refractivity contribution in [2.24, 2.45) is 0 Å². The van der Waals surface area contributed by atoms with E-state index in [0.29, 0.717) is 53.7 Å². The average molecular weight is 483 g/mol. The lowest BCUT2D eigenvalue weighted by Gasteiger charge is -2.26. The molecule has 0 aliphatic carbocycles. The minimum Gasteiger partial charge on any atom is -0.492 e. The van der Waals surface area contributed by atoms with E-state index >= 15 is 0 Å². The van der Waals surface area contributed by atoms with E-state index in [1.165, 1.54) is 13.2 Å². The first-order valence-corrected chi connectivity index (χ1v) is 11.4. The first-order valence-electron chi connectivity index (χ1n) is 11.4. The molecular formula is C25H27FN4O5. The van der Waals surface area contributed by atoms with Crippen LogP contribution in [0.15, 0.2) is 36.7 Å². The van der Waals surface area contributed by atoms with Crippen LogP contribution in [-0.4, -0.2) is 62.6 Å². The van der Waals surface area contributed by atoms with E-state index in [0.717, 1.165) is 18.7 Å². The highest BCUT2D eigenvalue weighted by Crippen LogP contribution is 2.43. The van der Waals surface area contributed by atoms with Crippen molar-refractivity contribution in [3.63, 3.8) is 0 Å². The maximum atomic E-state index is 14.5. The Kier molecular flexibility index (Phi) is 6.56. The highest BCUT2D eigenvalue weighted by Gasteiger charge is 2.34. The number of H-pyrrole nitrogens is 1. The van der Waals surface area contributed by atoms with E-state index in [1.54, 1.807) is 31.6 Å². The summed E-state index contributed by atoms with van der Waals surface area (Å²) in [5, 5.41) is 6.18. The standard InChI is InChI=1S/C25H27FN4O5/c1-32-12-14-10-28-25(31)20-21(14)30-22(23(20)29-18-5-3-4-17(26)24(18)33-2)16-6-8-27-11-19(16)35-13-15-7-9-34-15/h3-6,8,11,14-15,29-30H,7,9-10,12-13H2,1-2H3,(H,28,31)/t14-,15-/m0/s1. The maximum absolute atomic E-state index is 14.5. The van der Waals surface area contributed by atoms with Crippen LogP contribution >= 0.6 is 0 Å². The second kappa shape index (κ2) is 9.93. The lowest BCUT2D eigenvalue weighted by atomic mass is 9.97. The van der Waals surface area contributed by atoms with Gasteiger partial charge in [-0.05, 0) is 18.2 Å². The molecule has 0 bridgehead atoms. The van der Waals surface area contributed by atoms with E-state index in [-0.39, 0.29) is 23.7 Å². The second-order valence-corrected chi connectivity index (χ2v) is 8.44. The first-order chi connectivity index (χ1) is 17.1. The number of pyridine rings is 1. The third-order valence-corrected chi connectivity index (χ3v) is 6.24. The number of nitrogens with one attached hydrogen (secondary N) is 3. The molecule has 4 heterocycles. The van der Waals surface area contributed by atoms with E-state index in [9.17, 15) is 9.18 Å². The number of benzene rings is 1. The van der Waals surface area contributed by atoms with Crippen molar-refractivity contribution in [2.75, 3.05) is 45.9 Å². The molecule has 3 N–H and O–H groups in total. The Morgan fingerprint density at radius 1 is 1.26 bits per heavy atom. The molecule has 0 saturated carbocycles. The number of para-hydroxylation sites is 1. The highest BCUT2D eigenvalue weighted by atomic mass is 19.1. The molecule has 9 nitrogen and oxygen atoms in total. The van der Waals surface area contributed by atoms with Crippen molar-refractivity contribution in [1.29, 1.82) is 0 Å². The van der Waals surface area contributed by atoms with Crippen LogP contribution in [0.1, 0.15) is 28.4 Å². The molecule has 2 aliphatic rings. The Morgan fingerprint density at radius 3 is 2.86 bits per heavy atom. The zero-order valence-electron chi connectivity index (χ0n) is 19.5. The van der Waals surface area contributed by atoms with Gasteiger partial charge >= 0.3 is 0 Å². The van der Waals surface area contributed by atoms with Crippen LogP contribution in [0.4, 0.5) is 15.8 Å². The van der Waals surface area contributed by atoms with Gasteiger partial charge in [0.15, 0.2) is 11.6 Å². The fraction of sp³-hybridized carbons (Fsp3) is 0.360. The van der Waals surface area contributed by atoms with Crippen molar-refractivity contribution >= 4 is 17.3 Å². The molecule has 1 fully saturated rings. The Morgan fingerprint density at radius 2 is 2.11 bits per heavy atom. The molecule has 10 heteroatoms. The van der Waals surface area contributed by atoms with Crippen molar-refractivity contribution in [3.8, 4) is 22.8 Å². The number of hydrogen-bond acceptors (Lipinski definition) is 7. The summed E-state index contributed by atoms with van der Waals surface area (Å²) >= 11 is 0. The second-order valence-electron chi connectivity index (χ2n) is 8.44. The summed E-state index contributed by atoms with van der Waals surface area (Å²) in [5.74, 6) is -0.261. The molecule has 1 aromatic carbocycles. The zero-order valence-corrected chi connectivity index (χ0v) is 19.5. The van der Waals surface area contributed by atoms with Crippen molar-refractivity contribution in [3.05, 3.63) is 53.7 Å². The summed E-state index contributed by atoms with van der Waals surface area (Å²) in [7, 11) is 3.02. The number of hydrogen-bond donors (Lipinski definition) is 3. The normalized spacial score (nSPS) is 18.9. The highest BCUT2D eigenvalue weighted by molar-refractivity contribution is 6.07. The predicted molar refractivity (Wildman–Crippen MR) is 127 cm³/mol. The number of carbonyl (C=O) groups is 1. The molecule has 2 aliphatic heterocycles. The SMILES string of the molecule is COC[C@@H]1CNC(=O)c2c1[nH]c(-c1ccncc1OC[C@@H]1CCO1)c2Nc1cccc(F)c1OC. The molecule has 0 unspecified atom stereocenters. The van der Waals surface area contributed by atoms with Crippen LogP contribution in [0.5, 0.6) is 11.5 Å². The molecule has 0 spiro atoms. The average Bonchev–Trinajstić information content (AvgIpc) is 3.20. The van der Waals surface area contributed by atoms with Crippen LogP contribution in [-0.2, 0) is 9.47 Å². The maximum Gasteiger partial charge on any atom is 0.255 e. The molecule has 184 valence electrons. The monoisotopic (exact) mass is 482 g/mol. The zero-order chi connectivity index (χ0) is 24.4. The molecule has 2 atom stereocenters.